The van der Waals surface area contributed by atoms with Crippen molar-refractivity contribution in [3.05, 3.63) is 12.1 Å². The van der Waals surface area contributed by atoms with E-state index in [4.69, 9.17) is 10.5 Å². The van der Waals surface area contributed by atoms with Crippen LogP contribution in [0.4, 0.5) is 11.5 Å². The number of likely N-dealkylation sites (N-methyl/N-ethyl adjacent to an activating group) is 1. The van der Waals surface area contributed by atoms with Crippen molar-refractivity contribution in [3.63, 3.8) is 0 Å². The van der Waals surface area contributed by atoms with Gasteiger partial charge in [0.1, 0.15) is 11.4 Å². The molecule has 0 saturated heterocycles. The van der Waals surface area contributed by atoms with E-state index in [1.54, 1.807) is 0 Å². The molecule has 0 saturated carbocycles. The molecule has 1 aromatic rings. The van der Waals surface area contributed by atoms with Gasteiger partial charge in [0.05, 0.1) is 5.69 Å². The fourth-order valence-corrected chi connectivity index (χ4v) is 1.45. The van der Waals surface area contributed by atoms with E-state index in [1.165, 1.54) is 0 Å². The molecule has 0 aliphatic heterocycles. The van der Waals surface area contributed by atoms with Crippen molar-refractivity contribution in [2.75, 3.05) is 37.7 Å². The largest absolute Gasteiger partial charge is 0.470 e. The molecule has 0 aromatic carbocycles. The number of nitrogens with two attached hydrogens (primary N) is 1. The molecule has 0 aliphatic carbocycles. The number of nitrogen functional groups attached to an aromatic ring is 1. The lowest BCUT2D eigenvalue weighted by Crippen LogP contribution is -2.26. The Labute approximate surface area is 116 Å². The third-order valence-electron chi connectivity index (χ3n) is 2.63. The quantitative estimate of drug-likeness (QED) is 0.826. The van der Waals surface area contributed by atoms with Crippen LogP contribution in [0.1, 0.15) is 27.7 Å². The number of ether oxygens (including phenoxy) is 1. The maximum atomic E-state index is 5.87. The van der Waals surface area contributed by atoms with E-state index in [0.717, 1.165) is 25.5 Å². The van der Waals surface area contributed by atoms with Crippen molar-refractivity contribution >= 4 is 11.5 Å². The minimum absolute atomic E-state index is 0.303. The molecular formula is C14H26N4O. The first-order valence-electron chi connectivity index (χ1n) is 6.70. The van der Waals surface area contributed by atoms with Crippen LogP contribution < -0.4 is 15.8 Å². The maximum Gasteiger partial charge on any atom is 0.239 e. The third-order valence-corrected chi connectivity index (χ3v) is 2.63. The van der Waals surface area contributed by atoms with Crippen LogP contribution in [0.5, 0.6) is 5.88 Å². The van der Waals surface area contributed by atoms with E-state index in [0.29, 0.717) is 11.6 Å². The van der Waals surface area contributed by atoms with Crippen molar-refractivity contribution in [2.45, 2.75) is 33.3 Å². The van der Waals surface area contributed by atoms with Crippen LogP contribution in [0.15, 0.2) is 12.1 Å². The van der Waals surface area contributed by atoms with Gasteiger partial charge in [-0.15, -0.1) is 0 Å². The SMILES string of the molecule is CCN(C)CCNc1ccc(N)c(OC(C)(C)C)n1. The Morgan fingerprint density at radius 1 is 1.37 bits per heavy atom. The van der Waals surface area contributed by atoms with Gasteiger partial charge in [-0.05, 0) is 46.5 Å². The standard InChI is InChI=1S/C14H26N4O/c1-6-18(5)10-9-16-12-8-7-11(15)13(17-12)19-14(2,3)4/h7-8H,6,9-10,15H2,1-5H3,(H,16,17). The van der Waals surface area contributed by atoms with Crippen molar-refractivity contribution in [2.24, 2.45) is 0 Å². The van der Waals surface area contributed by atoms with Crippen LogP contribution in [0.3, 0.4) is 0 Å². The zero-order valence-electron chi connectivity index (χ0n) is 12.7. The van der Waals surface area contributed by atoms with Crippen LogP contribution in [0.2, 0.25) is 0 Å². The van der Waals surface area contributed by atoms with Crippen molar-refractivity contribution in [1.29, 1.82) is 0 Å². The number of nitrogens with one attached hydrogen (secondary N) is 1. The molecule has 1 heterocycles. The summed E-state index contributed by atoms with van der Waals surface area (Å²) in [6, 6.07) is 3.69. The van der Waals surface area contributed by atoms with Gasteiger partial charge in [-0.1, -0.05) is 6.92 Å². The van der Waals surface area contributed by atoms with Crippen LogP contribution in [0, 0.1) is 0 Å². The first-order valence-corrected chi connectivity index (χ1v) is 6.70. The Bertz CT molecular complexity index is 401. The van der Waals surface area contributed by atoms with Crippen LogP contribution in [-0.2, 0) is 0 Å². The first kappa shape index (κ1) is 15.6. The Morgan fingerprint density at radius 2 is 2.05 bits per heavy atom. The number of rotatable bonds is 6. The molecule has 1 rings (SSSR count). The molecule has 1 aromatic heterocycles. The lowest BCUT2D eigenvalue weighted by molar-refractivity contribution is 0.125. The minimum Gasteiger partial charge on any atom is -0.470 e. The Balaban J connectivity index is 2.63. The average Bonchev–Trinajstić information content (AvgIpc) is 2.31. The molecule has 0 atom stereocenters. The Kier molecular flexibility index (Phi) is 5.42. The maximum absolute atomic E-state index is 5.87. The van der Waals surface area contributed by atoms with Gasteiger partial charge in [-0.2, -0.15) is 4.98 Å². The molecule has 0 spiro atoms. The highest BCUT2D eigenvalue weighted by Crippen LogP contribution is 2.24. The van der Waals surface area contributed by atoms with E-state index in [2.05, 4.69) is 29.2 Å². The number of aromatic nitrogens is 1. The summed E-state index contributed by atoms with van der Waals surface area (Å²) in [5, 5.41) is 3.27. The number of anilines is 2. The van der Waals surface area contributed by atoms with E-state index in [9.17, 15) is 0 Å². The lowest BCUT2D eigenvalue weighted by atomic mass is 10.2. The molecule has 108 valence electrons. The van der Waals surface area contributed by atoms with Gasteiger partial charge in [0.15, 0.2) is 0 Å². The molecule has 5 nitrogen and oxygen atoms in total. The summed E-state index contributed by atoms with van der Waals surface area (Å²) < 4.78 is 5.74. The predicted octanol–water partition coefficient (Wildman–Crippen LogP) is 2.20. The van der Waals surface area contributed by atoms with Gasteiger partial charge in [0, 0.05) is 13.1 Å². The van der Waals surface area contributed by atoms with Crippen LogP contribution >= 0.6 is 0 Å². The second kappa shape index (κ2) is 6.61. The fourth-order valence-electron chi connectivity index (χ4n) is 1.45. The number of nitrogens with zero attached hydrogens (tertiary/aromatic N) is 2. The van der Waals surface area contributed by atoms with Gasteiger partial charge in [-0.25, -0.2) is 0 Å². The molecule has 0 fully saturated rings. The zero-order chi connectivity index (χ0) is 14.5. The van der Waals surface area contributed by atoms with Gasteiger partial charge < -0.3 is 20.7 Å². The molecule has 3 N–H and O–H groups in total. The highest BCUT2D eigenvalue weighted by Gasteiger charge is 2.15. The molecule has 0 bridgehead atoms. The smallest absolute Gasteiger partial charge is 0.239 e. The molecule has 0 radical (unpaired) electrons. The van der Waals surface area contributed by atoms with Crippen LogP contribution in [-0.4, -0.2) is 42.2 Å². The molecule has 0 amide bonds. The Hall–Kier alpha value is -1.49. The summed E-state index contributed by atoms with van der Waals surface area (Å²) in [7, 11) is 2.09. The topological polar surface area (TPSA) is 63.4 Å². The van der Waals surface area contributed by atoms with Crippen molar-refractivity contribution in [3.8, 4) is 5.88 Å². The second-order valence-electron chi connectivity index (χ2n) is 5.63. The van der Waals surface area contributed by atoms with Gasteiger partial charge in [0.25, 0.3) is 0 Å². The van der Waals surface area contributed by atoms with Gasteiger partial charge in [-0.3, -0.25) is 0 Å². The summed E-state index contributed by atoms with van der Waals surface area (Å²) >= 11 is 0. The third kappa shape index (κ3) is 5.79. The summed E-state index contributed by atoms with van der Waals surface area (Å²) in [6.07, 6.45) is 0. The zero-order valence-corrected chi connectivity index (χ0v) is 12.7. The van der Waals surface area contributed by atoms with E-state index in [-0.39, 0.29) is 5.60 Å². The normalized spacial score (nSPS) is 11.7. The van der Waals surface area contributed by atoms with E-state index >= 15 is 0 Å². The molecule has 0 unspecified atom stereocenters. The first-order chi connectivity index (χ1) is 8.81. The number of pyridine rings is 1. The summed E-state index contributed by atoms with van der Waals surface area (Å²) in [5.41, 5.74) is 6.13. The summed E-state index contributed by atoms with van der Waals surface area (Å²) in [4.78, 5) is 6.64. The van der Waals surface area contributed by atoms with Crippen LogP contribution in [0.25, 0.3) is 0 Å². The Morgan fingerprint density at radius 3 is 2.63 bits per heavy atom. The van der Waals surface area contributed by atoms with Crippen molar-refractivity contribution in [1.82, 2.24) is 9.88 Å². The highest BCUT2D eigenvalue weighted by atomic mass is 16.5. The number of hydrogen-bond donors (Lipinski definition) is 2. The molecule has 5 heteroatoms. The van der Waals surface area contributed by atoms with E-state index < -0.39 is 0 Å². The minimum atomic E-state index is -0.303. The van der Waals surface area contributed by atoms with E-state index in [1.807, 2.05) is 32.9 Å². The monoisotopic (exact) mass is 266 g/mol. The number of hydrogen-bond acceptors (Lipinski definition) is 5. The summed E-state index contributed by atoms with van der Waals surface area (Å²) in [6.45, 7) is 10.9. The molecule has 19 heavy (non-hydrogen) atoms. The lowest BCUT2D eigenvalue weighted by Gasteiger charge is -2.22. The second-order valence-corrected chi connectivity index (χ2v) is 5.63. The highest BCUT2D eigenvalue weighted by molar-refractivity contribution is 5.53. The van der Waals surface area contributed by atoms with Crippen molar-refractivity contribution < 1.29 is 4.74 Å². The summed E-state index contributed by atoms with van der Waals surface area (Å²) in [5.74, 6) is 1.28. The average molecular weight is 266 g/mol. The predicted molar refractivity (Wildman–Crippen MR) is 80.7 cm³/mol. The molecular weight excluding hydrogens is 240 g/mol. The fraction of sp³-hybridized carbons (Fsp3) is 0.643. The molecule has 0 aliphatic rings. The van der Waals surface area contributed by atoms with Gasteiger partial charge in [0.2, 0.25) is 5.88 Å². The van der Waals surface area contributed by atoms with Gasteiger partial charge >= 0.3 is 0 Å².